The fourth-order valence-corrected chi connectivity index (χ4v) is 2.18. The minimum absolute atomic E-state index is 0.00788. The van der Waals surface area contributed by atoms with Gasteiger partial charge in [0, 0.05) is 11.6 Å². The molecule has 0 aromatic heterocycles. The van der Waals surface area contributed by atoms with E-state index in [0.29, 0.717) is 5.57 Å². The quantitative estimate of drug-likeness (QED) is 0.777. The van der Waals surface area contributed by atoms with Gasteiger partial charge in [0.05, 0.1) is 7.11 Å². The van der Waals surface area contributed by atoms with E-state index in [9.17, 15) is 9.59 Å². The molecule has 0 bridgehead atoms. The standard InChI is InChI=1S/C16H16O3/c1-11(8-12-6-4-3-5-7-12)13-9-15(18)16(19-2)10-14(13)17/h3-7,9-11H,8H2,1-2H3/t11-/m1/s1. The molecule has 1 aliphatic rings. The molecule has 1 aromatic rings. The van der Waals surface area contributed by atoms with Gasteiger partial charge >= 0.3 is 0 Å². The summed E-state index contributed by atoms with van der Waals surface area (Å²) >= 11 is 0. The van der Waals surface area contributed by atoms with E-state index in [1.165, 1.54) is 19.3 Å². The Bertz CT molecular complexity index is 553. The summed E-state index contributed by atoms with van der Waals surface area (Å²) in [4.78, 5) is 23.7. The van der Waals surface area contributed by atoms with Crippen LogP contribution in [0.4, 0.5) is 0 Å². The molecule has 0 saturated carbocycles. The molecule has 2 rings (SSSR count). The van der Waals surface area contributed by atoms with E-state index in [4.69, 9.17) is 4.74 Å². The molecule has 1 aromatic carbocycles. The van der Waals surface area contributed by atoms with Crippen molar-refractivity contribution in [2.45, 2.75) is 13.3 Å². The molecule has 0 unspecified atom stereocenters. The average molecular weight is 256 g/mol. The van der Waals surface area contributed by atoms with Gasteiger partial charge in [-0.15, -0.1) is 0 Å². The SMILES string of the molecule is COC1=CC(=O)C([C@H](C)Cc2ccccc2)=CC1=O. The summed E-state index contributed by atoms with van der Waals surface area (Å²) < 4.78 is 4.87. The molecule has 0 radical (unpaired) electrons. The summed E-state index contributed by atoms with van der Waals surface area (Å²) in [5.74, 6) is -0.258. The zero-order valence-electron chi connectivity index (χ0n) is 11.1. The second-order valence-electron chi connectivity index (χ2n) is 4.63. The number of ether oxygens (including phenoxy) is 1. The largest absolute Gasteiger partial charge is 0.493 e. The van der Waals surface area contributed by atoms with Crippen LogP contribution in [0.1, 0.15) is 12.5 Å². The zero-order chi connectivity index (χ0) is 13.8. The summed E-state index contributed by atoms with van der Waals surface area (Å²) in [5, 5.41) is 0. The molecular formula is C16H16O3. The molecular weight excluding hydrogens is 240 g/mol. The molecule has 3 nitrogen and oxygen atoms in total. The first kappa shape index (κ1) is 13.3. The number of ketones is 2. The first-order valence-corrected chi connectivity index (χ1v) is 6.21. The van der Waals surface area contributed by atoms with Crippen LogP contribution in [0.25, 0.3) is 0 Å². The van der Waals surface area contributed by atoms with Crippen molar-refractivity contribution < 1.29 is 14.3 Å². The number of allylic oxidation sites excluding steroid dienone is 3. The van der Waals surface area contributed by atoms with E-state index >= 15 is 0 Å². The lowest BCUT2D eigenvalue weighted by Gasteiger charge is -2.17. The van der Waals surface area contributed by atoms with Gasteiger partial charge in [-0.25, -0.2) is 0 Å². The molecule has 0 fully saturated rings. The van der Waals surface area contributed by atoms with Crippen molar-refractivity contribution in [2.75, 3.05) is 7.11 Å². The Kier molecular flexibility index (Phi) is 3.95. The van der Waals surface area contributed by atoms with Crippen molar-refractivity contribution in [3.8, 4) is 0 Å². The summed E-state index contributed by atoms with van der Waals surface area (Å²) in [7, 11) is 1.39. The molecule has 0 spiro atoms. The Morgan fingerprint density at radius 3 is 2.37 bits per heavy atom. The fraction of sp³-hybridized carbons (Fsp3) is 0.250. The van der Waals surface area contributed by atoms with Crippen molar-refractivity contribution in [2.24, 2.45) is 5.92 Å². The zero-order valence-corrected chi connectivity index (χ0v) is 11.1. The molecule has 98 valence electrons. The van der Waals surface area contributed by atoms with Gasteiger partial charge < -0.3 is 4.74 Å². The van der Waals surface area contributed by atoms with Gasteiger partial charge in [-0.3, -0.25) is 9.59 Å². The number of hydrogen-bond donors (Lipinski definition) is 0. The van der Waals surface area contributed by atoms with Crippen LogP contribution in [0, 0.1) is 5.92 Å². The number of hydrogen-bond acceptors (Lipinski definition) is 3. The van der Waals surface area contributed by atoms with Crippen LogP contribution >= 0.6 is 0 Å². The molecule has 0 heterocycles. The lowest BCUT2D eigenvalue weighted by molar-refractivity contribution is -0.117. The lowest BCUT2D eigenvalue weighted by Crippen LogP contribution is -2.19. The predicted molar refractivity (Wildman–Crippen MR) is 72.5 cm³/mol. The van der Waals surface area contributed by atoms with E-state index in [1.54, 1.807) is 0 Å². The van der Waals surface area contributed by atoms with Crippen molar-refractivity contribution in [1.29, 1.82) is 0 Å². The lowest BCUT2D eigenvalue weighted by atomic mass is 9.87. The topological polar surface area (TPSA) is 43.4 Å². The van der Waals surface area contributed by atoms with Crippen LogP contribution in [0.3, 0.4) is 0 Å². The van der Waals surface area contributed by atoms with Crippen molar-refractivity contribution in [3.63, 3.8) is 0 Å². The highest BCUT2D eigenvalue weighted by atomic mass is 16.5. The smallest absolute Gasteiger partial charge is 0.220 e. The second kappa shape index (κ2) is 5.65. The van der Waals surface area contributed by atoms with Crippen LogP contribution < -0.4 is 0 Å². The number of methoxy groups -OCH3 is 1. The number of carbonyl (C=O) groups is 2. The summed E-state index contributed by atoms with van der Waals surface area (Å²) in [6.45, 7) is 1.95. The van der Waals surface area contributed by atoms with Gasteiger partial charge in [-0.2, -0.15) is 0 Å². The third-order valence-corrected chi connectivity index (χ3v) is 3.21. The van der Waals surface area contributed by atoms with Crippen LogP contribution in [0.15, 0.2) is 53.8 Å². The Morgan fingerprint density at radius 1 is 1.05 bits per heavy atom. The molecule has 0 aliphatic heterocycles. The van der Waals surface area contributed by atoms with E-state index in [2.05, 4.69) is 0 Å². The molecule has 0 saturated heterocycles. The highest BCUT2D eigenvalue weighted by Crippen LogP contribution is 2.22. The van der Waals surface area contributed by atoms with Crippen molar-refractivity contribution >= 4 is 11.6 Å². The van der Waals surface area contributed by atoms with Crippen LogP contribution in [-0.4, -0.2) is 18.7 Å². The second-order valence-corrected chi connectivity index (χ2v) is 4.63. The normalized spacial score (nSPS) is 16.7. The highest BCUT2D eigenvalue weighted by Gasteiger charge is 2.24. The highest BCUT2D eigenvalue weighted by molar-refractivity contribution is 6.19. The van der Waals surface area contributed by atoms with E-state index in [0.717, 1.165) is 12.0 Å². The van der Waals surface area contributed by atoms with Crippen LogP contribution in [0.5, 0.6) is 0 Å². The Hall–Kier alpha value is -2.16. The average Bonchev–Trinajstić information content (AvgIpc) is 2.42. The Labute approximate surface area is 112 Å². The van der Waals surface area contributed by atoms with Gasteiger partial charge in [0.15, 0.2) is 11.5 Å². The molecule has 0 N–H and O–H groups in total. The maximum atomic E-state index is 12.0. The fourth-order valence-electron chi connectivity index (χ4n) is 2.18. The van der Waals surface area contributed by atoms with E-state index in [1.807, 2.05) is 37.3 Å². The monoisotopic (exact) mass is 256 g/mol. The third-order valence-electron chi connectivity index (χ3n) is 3.21. The number of carbonyl (C=O) groups excluding carboxylic acids is 2. The minimum Gasteiger partial charge on any atom is -0.493 e. The molecule has 19 heavy (non-hydrogen) atoms. The third kappa shape index (κ3) is 2.99. The van der Waals surface area contributed by atoms with E-state index < -0.39 is 0 Å². The Morgan fingerprint density at radius 2 is 1.74 bits per heavy atom. The van der Waals surface area contributed by atoms with Gasteiger partial charge in [0.2, 0.25) is 5.78 Å². The van der Waals surface area contributed by atoms with Gasteiger partial charge in [0.1, 0.15) is 0 Å². The molecule has 3 heteroatoms. The van der Waals surface area contributed by atoms with Crippen molar-refractivity contribution in [1.82, 2.24) is 0 Å². The summed E-state index contributed by atoms with van der Waals surface area (Å²) in [6.07, 6.45) is 3.41. The van der Waals surface area contributed by atoms with Gasteiger partial charge in [-0.05, 0) is 24.0 Å². The van der Waals surface area contributed by atoms with Gasteiger partial charge in [0.25, 0.3) is 0 Å². The molecule has 1 atom stereocenters. The molecule has 0 amide bonds. The Balaban J connectivity index is 2.15. The van der Waals surface area contributed by atoms with E-state index in [-0.39, 0.29) is 23.2 Å². The molecule has 1 aliphatic carbocycles. The first-order chi connectivity index (χ1) is 9.11. The van der Waals surface area contributed by atoms with Crippen LogP contribution in [-0.2, 0) is 20.7 Å². The van der Waals surface area contributed by atoms with Crippen LogP contribution in [0.2, 0.25) is 0 Å². The van der Waals surface area contributed by atoms with Gasteiger partial charge in [-0.1, -0.05) is 37.3 Å². The number of benzene rings is 1. The maximum Gasteiger partial charge on any atom is 0.220 e. The minimum atomic E-state index is -0.239. The number of rotatable bonds is 4. The first-order valence-electron chi connectivity index (χ1n) is 6.21. The maximum absolute atomic E-state index is 12.0. The summed E-state index contributed by atoms with van der Waals surface area (Å²) in [6, 6.07) is 9.92. The summed E-state index contributed by atoms with van der Waals surface area (Å²) in [5.41, 5.74) is 1.70. The van der Waals surface area contributed by atoms with Crippen molar-refractivity contribution in [3.05, 3.63) is 59.4 Å². The predicted octanol–water partition coefficient (Wildman–Crippen LogP) is 2.47.